The van der Waals surface area contributed by atoms with Gasteiger partial charge >= 0.3 is 11.9 Å². The molecule has 1 heterocycles. The van der Waals surface area contributed by atoms with Crippen molar-refractivity contribution in [1.29, 1.82) is 0 Å². The first kappa shape index (κ1) is 35.0. The summed E-state index contributed by atoms with van der Waals surface area (Å²) in [4.78, 5) is 65.5. The highest BCUT2D eigenvalue weighted by Crippen LogP contribution is 2.70. The Bertz CT molecular complexity index is 1380. The van der Waals surface area contributed by atoms with Gasteiger partial charge in [0.05, 0.1) is 31.8 Å². The topological polar surface area (TPSA) is 204 Å². The number of nitrogens with two attached hydrogens (primary N) is 1. The summed E-state index contributed by atoms with van der Waals surface area (Å²) < 4.78 is 38.8. The minimum Gasteiger partial charge on any atom is -0.465 e. The fourth-order valence-corrected chi connectivity index (χ4v) is 9.13. The number of ether oxygens (including phenoxy) is 4. The molecule has 0 bridgehead atoms. The van der Waals surface area contributed by atoms with Gasteiger partial charge in [-0.15, -0.1) is 10.1 Å². The van der Waals surface area contributed by atoms with Gasteiger partial charge in [0, 0.05) is 16.7 Å². The second-order valence-corrected chi connectivity index (χ2v) is 14.2. The van der Waals surface area contributed by atoms with E-state index in [1.165, 1.54) is 12.2 Å². The number of alkyl halides is 1. The van der Waals surface area contributed by atoms with E-state index < -0.39 is 88.4 Å². The molecule has 1 aliphatic heterocycles. The maximum Gasteiger partial charge on any atom is 0.323 e. The van der Waals surface area contributed by atoms with E-state index in [-0.39, 0.29) is 56.5 Å². The fourth-order valence-electron chi connectivity index (χ4n) is 9.13. The number of ketones is 2. The number of hydrogen-bond acceptors (Lipinski definition) is 13. The van der Waals surface area contributed by atoms with Crippen LogP contribution in [-0.2, 0) is 43.0 Å². The SMILES string of the molecule is CC1(C)O[C@@H]2C[C@H]3[C@@H]4C[C@H](F)C5=CC(=O)C=C[C@]5(C)[C@H]4[C@@H](O)C[C@]3(C)[C@]2(C(=O)COC(=O)CC(N)C(=O)OCCCCO[N+](=O)[O-])O1. The zero-order chi connectivity index (χ0) is 34.5. The molecule has 0 radical (unpaired) electrons. The Balaban J connectivity index is 1.27. The van der Waals surface area contributed by atoms with Gasteiger partial charge < -0.3 is 34.6 Å². The molecule has 15 heteroatoms. The number of hydrogen-bond donors (Lipinski definition) is 2. The Morgan fingerprint density at radius 1 is 1.17 bits per heavy atom. The van der Waals surface area contributed by atoms with Crippen LogP contribution in [0.25, 0.3) is 0 Å². The third kappa shape index (κ3) is 6.11. The molecule has 3 N–H and O–H groups in total. The number of Topliss-reactive ketones (excluding diaryl/α,β-unsaturated/α-hetero) is 1. The number of allylic oxidation sites excluding steroid dienone is 4. The number of fused-ring (bicyclic) bond motifs is 7. The average molecular weight is 667 g/mol. The van der Waals surface area contributed by atoms with Crippen LogP contribution in [0.5, 0.6) is 0 Å². The predicted octanol–water partition coefficient (Wildman–Crippen LogP) is 2.07. The molecule has 260 valence electrons. The van der Waals surface area contributed by atoms with Gasteiger partial charge in [0.25, 0.3) is 5.09 Å². The first-order valence-electron chi connectivity index (χ1n) is 16.0. The molecule has 5 rings (SSSR count). The summed E-state index contributed by atoms with van der Waals surface area (Å²) in [6.07, 6.45) is 1.84. The molecular weight excluding hydrogens is 623 g/mol. The van der Waals surface area contributed by atoms with Crippen LogP contribution in [0.1, 0.15) is 66.2 Å². The van der Waals surface area contributed by atoms with Crippen LogP contribution in [-0.4, -0.2) is 89.3 Å². The van der Waals surface area contributed by atoms with E-state index >= 15 is 4.39 Å². The first-order chi connectivity index (χ1) is 21.9. The summed E-state index contributed by atoms with van der Waals surface area (Å²) in [6.45, 7) is 6.09. The first-order valence-corrected chi connectivity index (χ1v) is 16.0. The number of carbonyl (C=O) groups is 4. The van der Waals surface area contributed by atoms with Gasteiger partial charge in [0.1, 0.15) is 12.2 Å². The molecule has 0 aromatic carbocycles. The van der Waals surface area contributed by atoms with Crippen molar-refractivity contribution < 1.29 is 57.5 Å². The maximum absolute atomic E-state index is 15.8. The minimum absolute atomic E-state index is 0.0700. The number of nitrogens with zero attached hydrogens (tertiary/aromatic N) is 1. The van der Waals surface area contributed by atoms with Crippen LogP contribution in [0, 0.1) is 38.7 Å². The van der Waals surface area contributed by atoms with Gasteiger partial charge in [0.2, 0.25) is 5.78 Å². The summed E-state index contributed by atoms with van der Waals surface area (Å²) in [5, 5.41) is 21.0. The van der Waals surface area contributed by atoms with E-state index in [0.717, 1.165) is 0 Å². The van der Waals surface area contributed by atoms with E-state index in [2.05, 4.69) is 4.84 Å². The molecule has 14 nitrogen and oxygen atoms in total. The van der Waals surface area contributed by atoms with Crippen LogP contribution in [0.15, 0.2) is 23.8 Å². The highest BCUT2D eigenvalue weighted by molar-refractivity contribution is 6.01. The minimum atomic E-state index is -1.62. The van der Waals surface area contributed by atoms with Gasteiger partial charge in [-0.1, -0.05) is 19.9 Å². The van der Waals surface area contributed by atoms with E-state index in [9.17, 15) is 34.4 Å². The van der Waals surface area contributed by atoms with Crippen molar-refractivity contribution in [2.24, 2.45) is 34.3 Å². The zero-order valence-electron chi connectivity index (χ0n) is 27.0. The van der Waals surface area contributed by atoms with Gasteiger partial charge in [-0.05, 0) is 75.5 Å². The van der Waals surface area contributed by atoms with E-state index in [4.69, 9.17) is 24.7 Å². The van der Waals surface area contributed by atoms with Crippen LogP contribution < -0.4 is 5.73 Å². The lowest BCUT2D eigenvalue weighted by atomic mass is 9.46. The highest BCUT2D eigenvalue weighted by Gasteiger charge is 2.77. The normalized spacial score (nSPS) is 38.6. The molecule has 47 heavy (non-hydrogen) atoms. The molecule has 10 atom stereocenters. The summed E-state index contributed by atoms with van der Waals surface area (Å²) >= 11 is 0. The van der Waals surface area contributed by atoms with Crippen molar-refractivity contribution in [3.05, 3.63) is 33.9 Å². The molecule has 4 fully saturated rings. The van der Waals surface area contributed by atoms with E-state index in [1.807, 2.05) is 13.8 Å². The Morgan fingerprint density at radius 2 is 1.87 bits per heavy atom. The van der Waals surface area contributed by atoms with Crippen molar-refractivity contribution in [3.8, 4) is 0 Å². The smallest absolute Gasteiger partial charge is 0.323 e. The molecule has 1 saturated heterocycles. The van der Waals surface area contributed by atoms with Gasteiger partial charge in [-0.2, -0.15) is 0 Å². The third-order valence-electron chi connectivity index (χ3n) is 10.9. The van der Waals surface area contributed by atoms with Crippen molar-refractivity contribution >= 4 is 23.5 Å². The fraction of sp³-hybridized carbons (Fsp3) is 0.750. The molecule has 5 aliphatic rings. The molecule has 3 saturated carbocycles. The Kier molecular flexibility index (Phi) is 9.42. The number of aliphatic hydroxyl groups is 1. The van der Waals surface area contributed by atoms with Crippen LogP contribution >= 0.6 is 0 Å². The Morgan fingerprint density at radius 3 is 2.57 bits per heavy atom. The molecule has 0 spiro atoms. The predicted molar refractivity (Wildman–Crippen MR) is 158 cm³/mol. The van der Waals surface area contributed by atoms with Crippen molar-refractivity contribution in [2.45, 2.75) is 102 Å². The second-order valence-electron chi connectivity index (χ2n) is 14.2. The average Bonchev–Trinajstić information content (AvgIpc) is 3.39. The monoisotopic (exact) mass is 666 g/mol. The molecule has 4 aliphatic carbocycles. The van der Waals surface area contributed by atoms with Crippen molar-refractivity contribution in [3.63, 3.8) is 0 Å². The lowest BCUT2D eigenvalue weighted by molar-refractivity contribution is -0.757. The lowest BCUT2D eigenvalue weighted by Gasteiger charge is -2.60. The number of halogens is 1. The van der Waals surface area contributed by atoms with E-state index in [1.54, 1.807) is 19.9 Å². The van der Waals surface area contributed by atoms with Crippen LogP contribution in [0.4, 0.5) is 4.39 Å². The summed E-state index contributed by atoms with van der Waals surface area (Å²) in [5.74, 6) is -4.91. The second kappa shape index (κ2) is 12.6. The van der Waals surface area contributed by atoms with Crippen LogP contribution in [0.3, 0.4) is 0 Å². The number of rotatable bonds is 12. The van der Waals surface area contributed by atoms with Crippen LogP contribution in [0.2, 0.25) is 0 Å². The quantitative estimate of drug-likeness (QED) is 0.133. The zero-order valence-corrected chi connectivity index (χ0v) is 27.0. The van der Waals surface area contributed by atoms with Gasteiger partial charge in [-0.3, -0.25) is 19.2 Å². The van der Waals surface area contributed by atoms with Gasteiger partial charge in [0.15, 0.2) is 23.8 Å². The molecule has 1 unspecified atom stereocenters. The molecular formula is C32H43FN2O12. The number of carbonyl (C=O) groups excluding carboxylic acids is 4. The Hall–Kier alpha value is -3.27. The highest BCUT2D eigenvalue weighted by atomic mass is 19.1. The summed E-state index contributed by atoms with van der Waals surface area (Å²) in [7, 11) is 0. The third-order valence-corrected chi connectivity index (χ3v) is 10.9. The summed E-state index contributed by atoms with van der Waals surface area (Å²) in [5.41, 5.74) is 2.65. The molecule has 0 aromatic rings. The molecule has 0 aromatic heterocycles. The van der Waals surface area contributed by atoms with E-state index in [0.29, 0.717) is 12.0 Å². The lowest BCUT2D eigenvalue weighted by Crippen LogP contribution is -2.64. The largest absolute Gasteiger partial charge is 0.465 e. The Labute approximate surface area is 271 Å². The standard InChI is InChI=1S/C32H43FN2O12/c1-29(2)46-25-13-19-18-12-21(33)20-11-17(36)7-8-30(20,3)27(18)23(37)15-31(19,4)32(25,47-29)24(38)16-44-26(39)14-22(34)28(40)43-9-5-6-10-45-35(41)42/h7-8,11,18-19,21-23,25,27,37H,5-6,9-10,12-16,34H2,1-4H3/t18-,19-,21-,22?,23-,25+,27+,30-,31-,32+/m0/s1. The number of unbranched alkanes of at least 4 members (excludes halogenated alkanes) is 1. The van der Waals surface area contributed by atoms with Crippen molar-refractivity contribution in [1.82, 2.24) is 0 Å². The maximum atomic E-state index is 15.8. The summed E-state index contributed by atoms with van der Waals surface area (Å²) in [6, 6.07) is -1.37. The molecule has 0 amide bonds. The number of aliphatic hydroxyl groups excluding tert-OH is 1. The number of esters is 2. The van der Waals surface area contributed by atoms with Gasteiger partial charge in [-0.25, -0.2) is 4.39 Å². The van der Waals surface area contributed by atoms with Crippen molar-refractivity contribution in [2.75, 3.05) is 19.8 Å².